The van der Waals surface area contributed by atoms with Crippen LogP contribution in [0.4, 0.5) is 4.39 Å². The van der Waals surface area contributed by atoms with Crippen molar-refractivity contribution in [3.05, 3.63) is 42.0 Å². The molecule has 96 valence electrons. The minimum atomic E-state index is -1.18. The molecular weight excluding hydrogens is 251 g/mol. The summed E-state index contributed by atoms with van der Waals surface area (Å²) in [6.45, 7) is 0. The summed E-state index contributed by atoms with van der Waals surface area (Å²) in [5, 5.41) is 13.3. The Labute approximate surface area is 106 Å². The fourth-order valence-electron chi connectivity index (χ4n) is 2.06. The maximum Gasteiger partial charge on any atom is 0.374 e. The normalized spacial score (nSPS) is 11.1. The lowest BCUT2D eigenvalue weighted by Gasteiger charge is -1.95. The second-order valence-corrected chi connectivity index (χ2v) is 4.20. The highest BCUT2D eigenvalue weighted by Crippen LogP contribution is 2.30. The predicted molar refractivity (Wildman–Crippen MR) is 65.3 cm³/mol. The first-order chi connectivity index (χ1) is 9.06. The van der Waals surface area contributed by atoms with Crippen molar-refractivity contribution in [2.75, 3.05) is 0 Å². The molecule has 3 rings (SSSR count). The summed E-state index contributed by atoms with van der Waals surface area (Å²) in [7, 11) is 1.78. The van der Waals surface area contributed by atoms with Crippen LogP contribution in [0.15, 0.2) is 35.0 Å². The zero-order chi connectivity index (χ0) is 13.6. The molecule has 0 aliphatic rings. The second-order valence-electron chi connectivity index (χ2n) is 4.20. The molecule has 0 fully saturated rings. The van der Waals surface area contributed by atoms with Crippen LogP contribution in [-0.4, -0.2) is 20.8 Å². The highest BCUT2D eigenvalue weighted by atomic mass is 19.1. The Bertz CT molecular complexity index is 788. The van der Waals surface area contributed by atoms with Crippen LogP contribution in [0.3, 0.4) is 0 Å². The molecule has 0 aliphatic carbocycles. The van der Waals surface area contributed by atoms with E-state index in [0.29, 0.717) is 16.8 Å². The Morgan fingerprint density at radius 3 is 2.89 bits per heavy atom. The third-order valence-electron chi connectivity index (χ3n) is 2.95. The Hall–Kier alpha value is -2.63. The molecule has 0 aliphatic heterocycles. The molecule has 0 radical (unpaired) electrons. The van der Waals surface area contributed by atoms with Crippen molar-refractivity contribution < 1.29 is 18.8 Å². The van der Waals surface area contributed by atoms with Crippen LogP contribution in [-0.2, 0) is 7.05 Å². The maximum absolute atomic E-state index is 13.2. The fourth-order valence-corrected chi connectivity index (χ4v) is 2.06. The SMILES string of the molecule is Cn1cc(-c2cc(C(=O)O)on2)c2ccc(F)cc21. The number of carboxylic acid groups (broad SMARTS) is 1. The number of carboxylic acids is 1. The lowest BCUT2D eigenvalue weighted by atomic mass is 10.1. The number of carbonyl (C=O) groups is 1. The number of aromatic nitrogens is 2. The van der Waals surface area contributed by atoms with Gasteiger partial charge in [0.25, 0.3) is 0 Å². The van der Waals surface area contributed by atoms with Crippen molar-refractivity contribution >= 4 is 16.9 Å². The Morgan fingerprint density at radius 2 is 2.21 bits per heavy atom. The van der Waals surface area contributed by atoms with Gasteiger partial charge < -0.3 is 14.2 Å². The van der Waals surface area contributed by atoms with Gasteiger partial charge in [-0.05, 0) is 18.2 Å². The van der Waals surface area contributed by atoms with Gasteiger partial charge in [0, 0.05) is 30.3 Å². The molecule has 0 spiro atoms. The summed E-state index contributed by atoms with van der Waals surface area (Å²) in [4.78, 5) is 10.8. The molecule has 0 bridgehead atoms. The number of aryl methyl sites for hydroxylation is 1. The first-order valence-corrected chi connectivity index (χ1v) is 5.51. The van der Waals surface area contributed by atoms with Gasteiger partial charge in [0.05, 0.1) is 5.52 Å². The molecule has 5 nitrogen and oxygen atoms in total. The van der Waals surface area contributed by atoms with Crippen LogP contribution in [0.5, 0.6) is 0 Å². The number of halogens is 1. The summed E-state index contributed by atoms with van der Waals surface area (Å²) in [6, 6.07) is 5.75. The van der Waals surface area contributed by atoms with Crippen LogP contribution < -0.4 is 0 Å². The summed E-state index contributed by atoms with van der Waals surface area (Å²) < 4.78 is 19.7. The predicted octanol–water partition coefficient (Wildman–Crippen LogP) is 2.67. The third kappa shape index (κ3) is 1.77. The Morgan fingerprint density at radius 1 is 1.42 bits per heavy atom. The number of nitrogens with zero attached hydrogens (tertiary/aromatic N) is 2. The van der Waals surface area contributed by atoms with E-state index in [1.54, 1.807) is 23.9 Å². The minimum absolute atomic E-state index is 0.228. The number of benzene rings is 1. The first-order valence-electron chi connectivity index (χ1n) is 5.51. The zero-order valence-corrected chi connectivity index (χ0v) is 9.92. The van der Waals surface area contributed by atoms with Gasteiger partial charge in [0.2, 0.25) is 5.76 Å². The van der Waals surface area contributed by atoms with Crippen LogP contribution in [0.2, 0.25) is 0 Å². The molecule has 6 heteroatoms. The van der Waals surface area contributed by atoms with Crippen LogP contribution >= 0.6 is 0 Å². The average Bonchev–Trinajstić information content (AvgIpc) is 2.95. The molecule has 0 atom stereocenters. The van der Waals surface area contributed by atoms with Crippen molar-refractivity contribution in [1.82, 2.24) is 9.72 Å². The summed E-state index contributed by atoms with van der Waals surface area (Å²) >= 11 is 0. The van der Waals surface area contributed by atoms with E-state index in [-0.39, 0.29) is 11.6 Å². The third-order valence-corrected chi connectivity index (χ3v) is 2.95. The van der Waals surface area contributed by atoms with Gasteiger partial charge in [-0.25, -0.2) is 9.18 Å². The summed E-state index contributed by atoms with van der Waals surface area (Å²) in [5.74, 6) is -1.73. The fraction of sp³-hybridized carbons (Fsp3) is 0.0769. The number of fused-ring (bicyclic) bond motifs is 1. The molecule has 2 heterocycles. The van der Waals surface area contributed by atoms with Crippen LogP contribution in [0, 0.1) is 5.82 Å². The van der Waals surface area contributed by atoms with Crippen molar-refractivity contribution in [2.45, 2.75) is 0 Å². The molecule has 0 unspecified atom stereocenters. The van der Waals surface area contributed by atoms with Gasteiger partial charge in [-0.15, -0.1) is 0 Å². The van der Waals surface area contributed by atoms with E-state index in [1.807, 2.05) is 0 Å². The maximum atomic E-state index is 13.2. The highest BCUT2D eigenvalue weighted by Gasteiger charge is 2.16. The van der Waals surface area contributed by atoms with E-state index in [9.17, 15) is 9.18 Å². The van der Waals surface area contributed by atoms with Crippen molar-refractivity contribution in [1.29, 1.82) is 0 Å². The van der Waals surface area contributed by atoms with E-state index < -0.39 is 5.97 Å². The molecule has 0 saturated heterocycles. The highest BCUT2D eigenvalue weighted by molar-refractivity contribution is 5.96. The van der Waals surface area contributed by atoms with E-state index in [2.05, 4.69) is 5.16 Å². The quantitative estimate of drug-likeness (QED) is 0.769. The van der Waals surface area contributed by atoms with E-state index >= 15 is 0 Å². The van der Waals surface area contributed by atoms with Gasteiger partial charge in [0.15, 0.2) is 0 Å². The van der Waals surface area contributed by atoms with Gasteiger partial charge in [0.1, 0.15) is 11.5 Å². The number of aromatic carboxylic acids is 1. The molecule has 1 aromatic carbocycles. The first kappa shape index (κ1) is 11.5. The minimum Gasteiger partial charge on any atom is -0.475 e. The van der Waals surface area contributed by atoms with Gasteiger partial charge >= 0.3 is 5.97 Å². The molecule has 0 amide bonds. The Balaban J connectivity index is 2.22. The van der Waals surface area contributed by atoms with Gasteiger partial charge in [-0.3, -0.25) is 0 Å². The van der Waals surface area contributed by atoms with Crippen molar-refractivity contribution in [3.8, 4) is 11.3 Å². The average molecular weight is 260 g/mol. The van der Waals surface area contributed by atoms with Gasteiger partial charge in [-0.1, -0.05) is 5.16 Å². The number of hydrogen-bond acceptors (Lipinski definition) is 3. The topological polar surface area (TPSA) is 68.3 Å². The molecule has 3 aromatic rings. The molecule has 1 N–H and O–H groups in total. The smallest absolute Gasteiger partial charge is 0.374 e. The summed E-state index contributed by atoms with van der Waals surface area (Å²) in [6.07, 6.45) is 1.76. The number of rotatable bonds is 2. The second kappa shape index (κ2) is 3.94. The Kier molecular flexibility index (Phi) is 2.38. The van der Waals surface area contributed by atoms with E-state index in [1.165, 1.54) is 18.2 Å². The largest absolute Gasteiger partial charge is 0.475 e. The van der Waals surface area contributed by atoms with Crippen molar-refractivity contribution in [2.24, 2.45) is 7.05 Å². The number of hydrogen-bond donors (Lipinski definition) is 1. The molecule has 19 heavy (non-hydrogen) atoms. The zero-order valence-electron chi connectivity index (χ0n) is 9.92. The molecular formula is C13H9FN2O3. The van der Waals surface area contributed by atoms with Crippen molar-refractivity contribution in [3.63, 3.8) is 0 Å². The monoisotopic (exact) mass is 260 g/mol. The molecule has 2 aromatic heterocycles. The molecule has 0 saturated carbocycles. The standard InChI is InChI=1S/C13H9FN2O3/c1-16-6-9(8-3-2-7(14)4-11(8)16)10-5-12(13(17)18)19-15-10/h2-6H,1H3,(H,17,18). The summed E-state index contributed by atoms with van der Waals surface area (Å²) in [5.41, 5.74) is 1.82. The van der Waals surface area contributed by atoms with Crippen LogP contribution in [0.1, 0.15) is 10.6 Å². The van der Waals surface area contributed by atoms with Gasteiger partial charge in [-0.2, -0.15) is 0 Å². The van der Waals surface area contributed by atoms with E-state index in [0.717, 1.165) is 5.39 Å². The lowest BCUT2D eigenvalue weighted by molar-refractivity contribution is 0.0652. The van der Waals surface area contributed by atoms with Crippen LogP contribution in [0.25, 0.3) is 22.2 Å². The van der Waals surface area contributed by atoms with E-state index in [4.69, 9.17) is 9.63 Å². The lowest BCUT2D eigenvalue weighted by Crippen LogP contribution is -1.91.